The molecule has 1 aliphatic carbocycles. The average Bonchev–Trinajstić information content (AvgIpc) is 2.24. The molecule has 0 atom stereocenters. The van der Waals surface area contributed by atoms with Gasteiger partial charge in [-0.1, -0.05) is 17.7 Å². The van der Waals surface area contributed by atoms with Crippen LogP contribution in [0.5, 0.6) is 0 Å². The van der Waals surface area contributed by atoms with Gasteiger partial charge in [-0.05, 0) is 31.9 Å². The van der Waals surface area contributed by atoms with Gasteiger partial charge >= 0.3 is 5.97 Å². The molecule has 0 aromatic heterocycles. The second kappa shape index (κ2) is 4.21. The third-order valence-corrected chi connectivity index (χ3v) is 3.62. The van der Waals surface area contributed by atoms with E-state index in [4.69, 9.17) is 16.3 Å². The van der Waals surface area contributed by atoms with E-state index in [9.17, 15) is 14.3 Å². The standard InChI is InChI=1S/C13H14ClFO3/c1-12(17)6-13(7-12,11(16)18-2)9-4-3-8(14)5-10(9)15/h3-5,17H,6-7H2,1-2H3/t12-,13+. The number of benzene rings is 1. The van der Waals surface area contributed by atoms with Crippen molar-refractivity contribution in [2.24, 2.45) is 0 Å². The topological polar surface area (TPSA) is 46.5 Å². The molecule has 1 N–H and O–H groups in total. The van der Waals surface area contributed by atoms with Gasteiger partial charge in [0.2, 0.25) is 0 Å². The Bertz CT molecular complexity index is 491. The van der Waals surface area contributed by atoms with E-state index < -0.39 is 22.8 Å². The normalized spacial score (nSPS) is 30.7. The summed E-state index contributed by atoms with van der Waals surface area (Å²) >= 11 is 5.69. The van der Waals surface area contributed by atoms with Gasteiger partial charge in [0.15, 0.2) is 0 Å². The van der Waals surface area contributed by atoms with Crippen molar-refractivity contribution in [1.29, 1.82) is 0 Å². The summed E-state index contributed by atoms with van der Waals surface area (Å²) in [7, 11) is 1.25. The monoisotopic (exact) mass is 272 g/mol. The van der Waals surface area contributed by atoms with Crippen LogP contribution in [-0.4, -0.2) is 23.8 Å². The molecule has 1 aliphatic rings. The van der Waals surface area contributed by atoms with E-state index in [1.54, 1.807) is 6.92 Å². The van der Waals surface area contributed by atoms with Gasteiger partial charge in [-0.2, -0.15) is 0 Å². The number of methoxy groups -OCH3 is 1. The largest absolute Gasteiger partial charge is 0.468 e. The molecule has 0 radical (unpaired) electrons. The number of hydrogen-bond acceptors (Lipinski definition) is 3. The first-order valence-electron chi connectivity index (χ1n) is 5.57. The van der Waals surface area contributed by atoms with Gasteiger partial charge in [0.05, 0.1) is 12.7 Å². The Morgan fingerprint density at radius 1 is 1.50 bits per heavy atom. The fraction of sp³-hybridized carbons (Fsp3) is 0.462. The molecule has 0 aliphatic heterocycles. The van der Waals surface area contributed by atoms with Crippen molar-refractivity contribution in [3.05, 3.63) is 34.6 Å². The molecule has 1 aromatic carbocycles. The maximum Gasteiger partial charge on any atom is 0.316 e. The SMILES string of the molecule is COC(=O)[C@]1(c2ccc(Cl)cc2F)C[C@](C)(O)C1. The van der Waals surface area contributed by atoms with Crippen LogP contribution in [0, 0.1) is 5.82 Å². The lowest BCUT2D eigenvalue weighted by Crippen LogP contribution is -2.58. The third-order valence-electron chi connectivity index (χ3n) is 3.39. The lowest BCUT2D eigenvalue weighted by atomic mass is 9.56. The highest BCUT2D eigenvalue weighted by atomic mass is 35.5. The highest BCUT2D eigenvalue weighted by Crippen LogP contribution is 2.51. The van der Waals surface area contributed by atoms with Gasteiger partial charge in [-0.25, -0.2) is 4.39 Å². The molecule has 98 valence electrons. The number of halogens is 2. The van der Waals surface area contributed by atoms with Crippen molar-refractivity contribution in [2.75, 3.05) is 7.11 Å². The van der Waals surface area contributed by atoms with E-state index in [1.165, 1.54) is 19.2 Å². The zero-order valence-corrected chi connectivity index (χ0v) is 10.9. The van der Waals surface area contributed by atoms with Gasteiger partial charge in [-0.3, -0.25) is 4.79 Å². The van der Waals surface area contributed by atoms with Crippen molar-refractivity contribution in [3.8, 4) is 0 Å². The van der Waals surface area contributed by atoms with Gasteiger partial charge < -0.3 is 9.84 Å². The van der Waals surface area contributed by atoms with Crippen LogP contribution in [0.3, 0.4) is 0 Å². The summed E-state index contributed by atoms with van der Waals surface area (Å²) in [5.41, 5.74) is -1.85. The molecule has 0 saturated heterocycles. The van der Waals surface area contributed by atoms with Crippen LogP contribution >= 0.6 is 11.6 Å². The zero-order chi connectivity index (χ0) is 13.6. The highest BCUT2D eigenvalue weighted by Gasteiger charge is 2.58. The minimum Gasteiger partial charge on any atom is -0.468 e. The molecule has 1 saturated carbocycles. The Morgan fingerprint density at radius 2 is 2.11 bits per heavy atom. The van der Waals surface area contributed by atoms with Crippen LogP contribution in [-0.2, 0) is 14.9 Å². The maximum atomic E-state index is 13.9. The Labute approximate surface area is 110 Å². The molecule has 0 amide bonds. The van der Waals surface area contributed by atoms with Crippen LogP contribution in [0.2, 0.25) is 5.02 Å². The molecule has 0 spiro atoms. The van der Waals surface area contributed by atoms with Gasteiger partial charge in [0.1, 0.15) is 11.2 Å². The lowest BCUT2D eigenvalue weighted by molar-refractivity contribution is -0.166. The van der Waals surface area contributed by atoms with Gasteiger partial charge in [0, 0.05) is 10.6 Å². The molecule has 0 heterocycles. The van der Waals surface area contributed by atoms with Crippen LogP contribution in [0.25, 0.3) is 0 Å². The van der Waals surface area contributed by atoms with Crippen LogP contribution < -0.4 is 0 Å². The molecule has 0 unspecified atom stereocenters. The van der Waals surface area contributed by atoms with Crippen molar-refractivity contribution in [2.45, 2.75) is 30.8 Å². The Kier molecular flexibility index (Phi) is 3.11. The smallest absolute Gasteiger partial charge is 0.316 e. The Balaban J connectivity index is 2.46. The second-order valence-electron chi connectivity index (χ2n) is 5.05. The van der Waals surface area contributed by atoms with Gasteiger partial charge in [-0.15, -0.1) is 0 Å². The zero-order valence-electron chi connectivity index (χ0n) is 10.2. The predicted octanol–water partition coefficient (Wildman–Crippen LogP) is 2.43. The molecular weight excluding hydrogens is 259 g/mol. The fourth-order valence-corrected chi connectivity index (χ4v) is 2.92. The van der Waals surface area contributed by atoms with Gasteiger partial charge in [0.25, 0.3) is 0 Å². The molecule has 1 fully saturated rings. The van der Waals surface area contributed by atoms with Crippen LogP contribution in [0.1, 0.15) is 25.3 Å². The summed E-state index contributed by atoms with van der Waals surface area (Å²) in [5.74, 6) is -1.08. The van der Waals surface area contributed by atoms with Crippen molar-refractivity contribution >= 4 is 17.6 Å². The maximum absolute atomic E-state index is 13.9. The van der Waals surface area contributed by atoms with E-state index in [1.807, 2.05) is 0 Å². The molecular formula is C13H14ClFO3. The van der Waals surface area contributed by atoms with Crippen LogP contribution in [0.4, 0.5) is 4.39 Å². The average molecular weight is 273 g/mol. The summed E-state index contributed by atoms with van der Waals surface area (Å²) in [6, 6.07) is 4.16. The molecule has 18 heavy (non-hydrogen) atoms. The number of rotatable bonds is 2. The first-order chi connectivity index (χ1) is 8.31. The summed E-state index contributed by atoms with van der Waals surface area (Å²) in [4.78, 5) is 11.9. The summed E-state index contributed by atoms with van der Waals surface area (Å²) in [5, 5.41) is 10.1. The first kappa shape index (κ1) is 13.3. The minimum atomic E-state index is -1.10. The van der Waals surface area contributed by atoms with E-state index in [-0.39, 0.29) is 23.4 Å². The van der Waals surface area contributed by atoms with E-state index in [2.05, 4.69) is 0 Å². The molecule has 1 aromatic rings. The highest BCUT2D eigenvalue weighted by molar-refractivity contribution is 6.30. The third kappa shape index (κ3) is 1.99. The fourth-order valence-electron chi connectivity index (χ4n) is 2.77. The number of esters is 1. The van der Waals surface area contributed by atoms with Crippen LogP contribution in [0.15, 0.2) is 18.2 Å². The molecule has 0 bridgehead atoms. The molecule has 3 nitrogen and oxygen atoms in total. The van der Waals surface area contributed by atoms with Crippen molar-refractivity contribution < 1.29 is 19.0 Å². The number of hydrogen-bond donors (Lipinski definition) is 1. The summed E-state index contributed by atoms with van der Waals surface area (Å²) < 4.78 is 18.7. The minimum absolute atomic E-state index is 0.144. The predicted molar refractivity (Wildman–Crippen MR) is 65.0 cm³/mol. The number of ether oxygens (including phenoxy) is 1. The number of aliphatic hydroxyl groups is 1. The summed E-state index contributed by atoms with van der Waals surface area (Å²) in [6.45, 7) is 1.61. The van der Waals surface area contributed by atoms with E-state index >= 15 is 0 Å². The van der Waals surface area contributed by atoms with E-state index in [0.29, 0.717) is 0 Å². The number of carbonyl (C=O) groups excluding carboxylic acids is 1. The molecule has 5 heteroatoms. The first-order valence-corrected chi connectivity index (χ1v) is 5.95. The quantitative estimate of drug-likeness (QED) is 0.841. The summed E-state index contributed by atoms with van der Waals surface area (Å²) in [6.07, 6.45) is 0.288. The lowest BCUT2D eigenvalue weighted by Gasteiger charge is -2.49. The molecule has 2 rings (SSSR count). The van der Waals surface area contributed by atoms with Crippen molar-refractivity contribution in [1.82, 2.24) is 0 Å². The number of carbonyl (C=O) groups is 1. The van der Waals surface area contributed by atoms with E-state index in [0.717, 1.165) is 6.07 Å². The van der Waals surface area contributed by atoms with Crippen molar-refractivity contribution in [3.63, 3.8) is 0 Å². The Morgan fingerprint density at radius 3 is 2.56 bits per heavy atom. The Hall–Kier alpha value is -1.13. The second-order valence-corrected chi connectivity index (χ2v) is 5.48.